The first-order chi connectivity index (χ1) is 22.7. The van der Waals surface area contributed by atoms with Crippen molar-refractivity contribution in [3.05, 3.63) is 69.0 Å². The minimum Gasteiger partial charge on any atom is -0.490 e. The minimum atomic E-state index is -4.07. The van der Waals surface area contributed by atoms with Crippen LogP contribution in [-0.2, 0) is 21.3 Å². The van der Waals surface area contributed by atoms with E-state index in [1.165, 1.54) is 13.0 Å². The van der Waals surface area contributed by atoms with Crippen LogP contribution >= 0.6 is 23.2 Å². The molecule has 1 aromatic heterocycles. The van der Waals surface area contributed by atoms with E-state index in [1.807, 2.05) is 33.0 Å². The van der Waals surface area contributed by atoms with Crippen molar-refractivity contribution < 1.29 is 32.3 Å². The zero-order valence-electron chi connectivity index (χ0n) is 28.3. The molecule has 48 heavy (non-hydrogen) atoms. The third-order valence-corrected chi connectivity index (χ3v) is 10.8. The maximum atomic E-state index is 14.4. The van der Waals surface area contributed by atoms with Crippen LogP contribution in [0.2, 0.25) is 10.0 Å². The van der Waals surface area contributed by atoms with Crippen LogP contribution in [0.5, 0.6) is 5.75 Å². The average Bonchev–Trinajstić information content (AvgIpc) is 3.38. The fourth-order valence-electron chi connectivity index (χ4n) is 5.83. The number of aliphatic hydroxyl groups excluding tert-OH is 1. The van der Waals surface area contributed by atoms with Crippen molar-refractivity contribution in [1.82, 2.24) is 15.0 Å². The highest BCUT2D eigenvalue weighted by atomic mass is 35.5. The lowest BCUT2D eigenvalue weighted by molar-refractivity contribution is -0.0177. The van der Waals surface area contributed by atoms with Gasteiger partial charge in [0.25, 0.3) is 15.9 Å². The van der Waals surface area contributed by atoms with Crippen LogP contribution in [0.15, 0.2) is 45.8 Å². The maximum absolute atomic E-state index is 14.4. The van der Waals surface area contributed by atoms with E-state index in [9.17, 15) is 18.3 Å². The number of nitrogens with zero attached hydrogens (tertiary/aromatic N) is 3. The number of halogens is 2. The molecule has 0 spiro atoms. The number of hydrogen-bond acceptors (Lipinski definition) is 9. The molecule has 4 rings (SSSR count). The Labute approximate surface area is 293 Å². The van der Waals surface area contributed by atoms with Gasteiger partial charge in [0.1, 0.15) is 11.4 Å². The number of aryl methyl sites for hydroxylation is 2. The number of carbonyl (C=O) groups is 1. The molecular weight excluding hydrogens is 679 g/mol. The van der Waals surface area contributed by atoms with Crippen LogP contribution in [0.4, 0.5) is 5.69 Å². The number of benzene rings is 2. The van der Waals surface area contributed by atoms with Gasteiger partial charge in [-0.2, -0.15) is 0 Å². The number of amides is 1. The topological polar surface area (TPSA) is 134 Å². The maximum Gasteiger partial charge on any atom is 0.267 e. The van der Waals surface area contributed by atoms with Crippen molar-refractivity contribution >= 4 is 44.8 Å². The normalized spacial score (nSPS) is 20.6. The second-order valence-electron chi connectivity index (χ2n) is 12.7. The SMILES string of the molecule is Cc1noc(C)c1S(=O)(=O)Nc1ccc2c(c1)C(=O)N([C@H](C)CO)C[C@@H](C)[C@@H](CN(C)Cc1ccc(Cl)c(Cl)c1)OCCCC[C@H](C)O2. The number of aliphatic hydroxyl groups is 1. The third kappa shape index (κ3) is 9.64. The Bertz CT molecular complexity index is 1650. The monoisotopic (exact) mass is 724 g/mol. The fraction of sp³-hybridized carbons (Fsp3) is 0.529. The Morgan fingerprint density at radius 1 is 1.12 bits per heavy atom. The van der Waals surface area contributed by atoms with Crippen molar-refractivity contribution in [2.45, 2.75) is 83.6 Å². The first-order valence-corrected chi connectivity index (χ1v) is 18.4. The highest BCUT2D eigenvalue weighted by molar-refractivity contribution is 7.92. The zero-order chi connectivity index (χ0) is 35.2. The largest absolute Gasteiger partial charge is 0.490 e. The lowest BCUT2D eigenvalue weighted by Crippen LogP contribution is -2.47. The molecular formula is C34H46Cl2N4O7S. The number of likely N-dealkylation sites (N-methyl/N-ethyl adjacent to an activating group) is 1. The zero-order valence-corrected chi connectivity index (χ0v) is 30.7. The Morgan fingerprint density at radius 3 is 2.54 bits per heavy atom. The summed E-state index contributed by atoms with van der Waals surface area (Å²) in [5.74, 6) is -0.0414. The average molecular weight is 726 g/mol. The van der Waals surface area contributed by atoms with E-state index in [-0.39, 0.29) is 58.9 Å². The lowest BCUT2D eigenvalue weighted by atomic mass is 10.0. The number of fused-ring (bicyclic) bond motifs is 1. The van der Waals surface area contributed by atoms with Gasteiger partial charge in [-0.25, -0.2) is 8.42 Å². The van der Waals surface area contributed by atoms with E-state index in [0.29, 0.717) is 35.5 Å². The predicted molar refractivity (Wildman–Crippen MR) is 186 cm³/mol. The Morgan fingerprint density at radius 2 is 1.88 bits per heavy atom. The molecule has 14 heteroatoms. The van der Waals surface area contributed by atoms with Gasteiger partial charge in [-0.05, 0) is 89.9 Å². The predicted octanol–water partition coefficient (Wildman–Crippen LogP) is 6.33. The summed E-state index contributed by atoms with van der Waals surface area (Å²) in [6.07, 6.45) is 1.96. The Balaban J connectivity index is 1.65. The molecule has 2 N–H and O–H groups in total. The van der Waals surface area contributed by atoms with Crippen molar-refractivity contribution in [2.75, 3.05) is 38.1 Å². The molecule has 1 amide bonds. The molecule has 1 aliphatic heterocycles. The number of ether oxygens (including phenoxy) is 2. The van der Waals surface area contributed by atoms with Crippen LogP contribution in [0, 0.1) is 19.8 Å². The summed E-state index contributed by atoms with van der Waals surface area (Å²) < 4.78 is 47.0. The van der Waals surface area contributed by atoms with Crippen LogP contribution in [-0.4, -0.2) is 86.0 Å². The summed E-state index contributed by atoms with van der Waals surface area (Å²) in [5.41, 5.74) is 1.59. The number of anilines is 1. The number of aromatic nitrogens is 1. The molecule has 264 valence electrons. The van der Waals surface area contributed by atoms with Crippen LogP contribution in [0.1, 0.15) is 67.4 Å². The van der Waals surface area contributed by atoms with E-state index in [2.05, 4.69) is 14.8 Å². The van der Waals surface area contributed by atoms with Gasteiger partial charge < -0.3 is 24.0 Å². The fourth-order valence-corrected chi connectivity index (χ4v) is 7.54. The highest BCUT2D eigenvalue weighted by Gasteiger charge is 2.31. The van der Waals surface area contributed by atoms with Gasteiger partial charge in [-0.3, -0.25) is 14.4 Å². The van der Waals surface area contributed by atoms with Crippen LogP contribution in [0.25, 0.3) is 0 Å². The molecule has 0 saturated heterocycles. The van der Waals surface area contributed by atoms with Gasteiger partial charge in [0.05, 0.1) is 40.5 Å². The summed E-state index contributed by atoms with van der Waals surface area (Å²) in [7, 11) is -2.07. The lowest BCUT2D eigenvalue weighted by Gasteiger charge is -2.36. The summed E-state index contributed by atoms with van der Waals surface area (Å²) in [6, 6.07) is 9.68. The molecule has 11 nitrogen and oxygen atoms in total. The van der Waals surface area contributed by atoms with Gasteiger partial charge in [0, 0.05) is 37.8 Å². The molecule has 0 fully saturated rings. The quantitative estimate of drug-likeness (QED) is 0.260. The van der Waals surface area contributed by atoms with E-state index in [0.717, 1.165) is 24.8 Å². The van der Waals surface area contributed by atoms with Gasteiger partial charge in [0.2, 0.25) is 0 Å². The number of carbonyl (C=O) groups excluding carboxylic acids is 1. The number of hydrogen-bond donors (Lipinski definition) is 2. The van der Waals surface area contributed by atoms with Crippen LogP contribution in [0.3, 0.4) is 0 Å². The van der Waals surface area contributed by atoms with Gasteiger partial charge in [-0.1, -0.05) is 41.3 Å². The van der Waals surface area contributed by atoms with E-state index < -0.39 is 22.0 Å². The molecule has 0 aliphatic carbocycles. The van der Waals surface area contributed by atoms with Gasteiger partial charge in [-0.15, -0.1) is 0 Å². The number of rotatable bonds is 9. The van der Waals surface area contributed by atoms with Crippen molar-refractivity contribution in [3.8, 4) is 5.75 Å². The first-order valence-electron chi connectivity index (χ1n) is 16.1. The summed E-state index contributed by atoms with van der Waals surface area (Å²) >= 11 is 12.4. The van der Waals surface area contributed by atoms with E-state index >= 15 is 0 Å². The number of sulfonamides is 1. The van der Waals surface area contributed by atoms with Crippen molar-refractivity contribution in [1.29, 1.82) is 0 Å². The van der Waals surface area contributed by atoms with E-state index in [4.69, 9.17) is 37.2 Å². The van der Waals surface area contributed by atoms with E-state index in [1.54, 1.807) is 36.9 Å². The van der Waals surface area contributed by atoms with Gasteiger partial charge in [0.15, 0.2) is 10.7 Å². The first kappa shape index (κ1) is 37.9. The summed E-state index contributed by atoms with van der Waals surface area (Å²) in [4.78, 5) is 18.1. The van der Waals surface area contributed by atoms with Gasteiger partial charge >= 0.3 is 0 Å². The minimum absolute atomic E-state index is 0.0571. The second kappa shape index (κ2) is 16.7. The molecule has 0 saturated carbocycles. The third-order valence-electron chi connectivity index (χ3n) is 8.47. The molecule has 4 atom stereocenters. The molecule has 0 radical (unpaired) electrons. The summed E-state index contributed by atoms with van der Waals surface area (Å²) in [6.45, 7) is 10.6. The second-order valence-corrected chi connectivity index (χ2v) is 15.1. The Hall–Kier alpha value is -2.87. The molecule has 0 unspecified atom stereocenters. The van der Waals surface area contributed by atoms with Crippen molar-refractivity contribution in [2.24, 2.45) is 5.92 Å². The smallest absolute Gasteiger partial charge is 0.267 e. The molecule has 1 aliphatic rings. The molecule has 2 heterocycles. The molecule has 3 aromatic rings. The number of nitrogens with one attached hydrogen (secondary N) is 1. The summed E-state index contributed by atoms with van der Waals surface area (Å²) in [5, 5.41) is 15.0. The van der Waals surface area contributed by atoms with Crippen LogP contribution < -0.4 is 9.46 Å². The van der Waals surface area contributed by atoms with Crippen molar-refractivity contribution in [3.63, 3.8) is 0 Å². The standard InChI is InChI=1S/C34H46Cl2N4O7S/c1-21-17-40(22(2)20-41)34(42)28-16-27(38-48(43,44)33-24(4)37-47-25(33)5)11-13-31(28)46-23(3)9-7-8-14-45-32(21)19-39(6)18-26-10-12-29(35)30(36)15-26/h10-13,15-16,21-23,32,38,41H,7-9,14,17-20H2,1-6H3/t21-,22-,23+,32-/m1/s1. The molecule has 0 bridgehead atoms. The highest BCUT2D eigenvalue weighted by Crippen LogP contribution is 2.31. The Kier molecular flexibility index (Phi) is 13.2. The molecule has 2 aromatic carbocycles.